The molecule has 1 aliphatic heterocycles. The SMILES string of the molecule is COC(=O)[C@]1(/C=C/c2ccc(Br)cc2)C(=O)N(C)[C@@H]1c1ccc(F)cc1. The molecule has 0 unspecified atom stereocenters. The van der Waals surface area contributed by atoms with E-state index in [4.69, 9.17) is 4.74 Å². The molecule has 6 heteroatoms. The number of benzene rings is 2. The zero-order valence-corrected chi connectivity index (χ0v) is 15.9. The smallest absolute Gasteiger partial charge is 0.327 e. The Morgan fingerprint density at radius 2 is 1.81 bits per heavy atom. The number of rotatable bonds is 4. The van der Waals surface area contributed by atoms with Crippen molar-refractivity contribution in [1.82, 2.24) is 4.90 Å². The Balaban J connectivity index is 2.04. The van der Waals surface area contributed by atoms with Gasteiger partial charge in [0.05, 0.1) is 13.2 Å². The van der Waals surface area contributed by atoms with E-state index in [0.717, 1.165) is 10.0 Å². The number of carbonyl (C=O) groups is 2. The van der Waals surface area contributed by atoms with E-state index in [1.54, 1.807) is 31.3 Å². The van der Waals surface area contributed by atoms with Crippen LogP contribution in [0.4, 0.5) is 4.39 Å². The third-order valence-electron chi connectivity index (χ3n) is 4.61. The lowest BCUT2D eigenvalue weighted by atomic mass is 9.67. The molecule has 4 nitrogen and oxygen atoms in total. The van der Waals surface area contributed by atoms with Gasteiger partial charge in [-0.05, 0) is 35.4 Å². The summed E-state index contributed by atoms with van der Waals surface area (Å²) in [5, 5.41) is 0. The minimum absolute atomic E-state index is 0.355. The average Bonchev–Trinajstić information content (AvgIpc) is 2.66. The van der Waals surface area contributed by atoms with E-state index in [0.29, 0.717) is 5.56 Å². The summed E-state index contributed by atoms with van der Waals surface area (Å²) in [5.74, 6) is -1.37. The van der Waals surface area contributed by atoms with Crippen LogP contribution in [0.1, 0.15) is 17.2 Å². The highest BCUT2D eigenvalue weighted by atomic mass is 79.9. The second-order valence-corrected chi connectivity index (χ2v) is 7.03. The molecule has 26 heavy (non-hydrogen) atoms. The Hall–Kier alpha value is -2.47. The van der Waals surface area contributed by atoms with Crippen LogP contribution in [0.15, 0.2) is 59.1 Å². The van der Waals surface area contributed by atoms with Gasteiger partial charge in [0.1, 0.15) is 5.82 Å². The van der Waals surface area contributed by atoms with Crippen molar-refractivity contribution in [2.75, 3.05) is 14.2 Å². The molecule has 0 saturated carbocycles. The van der Waals surface area contributed by atoms with E-state index >= 15 is 0 Å². The fraction of sp³-hybridized carbons (Fsp3) is 0.200. The summed E-state index contributed by atoms with van der Waals surface area (Å²) in [5.41, 5.74) is 0.0463. The maximum atomic E-state index is 13.3. The van der Waals surface area contributed by atoms with E-state index in [-0.39, 0.29) is 11.7 Å². The fourth-order valence-corrected chi connectivity index (χ4v) is 3.56. The van der Waals surface area contributed by atoms with Crippen LogP contribution in [0.2, 0.25) is 0 Å². The molecule has 3 rings (SSSR count). The summed E-state index contributed by atoms with van der Waals surface area (Å²) < 4.78 is 19.1. The molecular formula is C20H17BrFNO3. The molecule has 2 aromatic rings. The Bertz CT molecular complexity index is 854. The van der Waals surface area contributed by atoms with Crippen molar-refractivity contribution < 1.29 is 18.7 Å². The summed E-state index contributed by atoms with van der Waals surface area (Å²) in [4.78, 5) is 26.8. The largest absolute Gasteiger partial charge is 0.468 e. The Morgan fingerprint density at radius 1 is 1.19 bits per heavy atom. The molecule has 0 N–H and O–H groups in total. The lowest BCUT2D eigenvalue weighted by molar-refractivity contribution is -0.180. The van der Waals surface area contributed by atoms with E-state index in [9.17, 15) is 14.0 Å². The Labute approximate surface area is 159 Å². The fourth-order valence-electron chi connectivity index (χ4n) is 3.30. The highest BCUT2D eigenvalue weighted by Crippen LogP contribution is 2.51. The van der Waals surface area contributed by atoms with Gasteiger partial charge in [-0.3, -0.25) is 9.59 Å². The third-order valence-corrected chi connectivity index (χ3v) is 5.14. The molecule has 1 saturated heterocycles. The zero-order valence-electron chi connectivity index (χ0n) is 14.3. The molecule has 2 atom stereocenters. The number of halogens is 2. The van der Waals surface area contributed by atoms with E-state index in [2.05, 4.69) is 15.9 Å². The molecule has 0 radical (unpaired) electrons. The van der Waals surface area contributed by atoms with Gasteiger partial charge in [-0.2, -0.15) is 0 Å². The van der Waals surface area contributed by atoms with E-state index in [1.807, 2.05) is 24.3 Å². The van der Waals surface area contributed by atoms with Crippen LogP contribution in [0.5, 0.6) is 0 Å². The van der Waals surface area contributed by atoms with Gasteiger partial charge in [0.15, 0.2) is 5.41 Å². The van der Waals surface area contributed by atoms with Crippen LogP contribution in [-0.4, -0.2) is 30.9 Å². The molecule has 0 bridgehead atoms. The van der Waals surface area contributed by atoms with Gasteiger partial charge in [-0.1, -0.05) is 52.3 Å². The second kappa shape index (κ2) is 7.03. The highest BCUT2D eigenvalue weighted by molar-refractivity contribution is 9.10. The van der Waals surface area contributed by atoms with Crippen LogP contribution >= 0.6 is 15.9 Å². The first-order valence-corrected chi connectivity index (χ1v) is 8.75. The molecule has 134 valence electrons. The normalized spacial score (nSPS) is 22.4. The summed E-state index contributed by atoms with van der Waals surface area (Å²) in [6.07, 6.45) is 3.31. The molecule has 0 aliphatic carbocycles. The van der Waals surface area contributed by atoms with Gasteiger partial charge in [-0.25, -0.2) is 4.39 Å². The first-order chi connectivity index (χ1) is 12.4. The quantitative estimate of drug-likeness (QED) is 0.429. The van der Waals surface area contributed by atoms with Gasteiger partial charge >= 0.3 is 5.97 Å². The first kappa shape index (κ1) is 18.3. The van der Waals surface area contributed by atoms with Crippen LogP contribution in [0, 0.1) is 11.2 Å². The molecule has 0 aromatic heterocycles. The van der Waals surface area contributed by atoms with Gasteiger partial charge < -0.3 is 9.64 Å². The first-order valence-electron chi connectivity index (χ1n) is 7.96. The van der Waals surface area contributed by atoms with Gasteiger partial charge in [-0.15, -0.1) is 0 Å². The molecule has 1 amide bonds. The standard InChI is InChI=1S/C20H17BrFNO3/c1-23-17(14-5-9-16(22)10-6-14)20(18(23)24,19(25)26-2)12-11-13-3-7-15(21)8-4-13/h3-12,17H,1-2H3/b12-11+/t17-,20+/m1/s1. The average molecular weight is 418 g/mol. The number of esters is 1. The minimum Gasteiger partial charge on any atom is -0.468 e. The number of β-lactam (4-membered cyclic amide) rings is 1. The number of carbonyl (C=O) groups excluding carboxylic acids is 2. The summed E-state index contributed by atoms with van der Waals surface area (Å²) in [7, 11) is 2.87. The number of hydrogen-bond donors (Lipinski definition) is 0. The number of ether oxygens (including phenoxy) is 1. The van der Waals surface area contributed by atoms with Crippen molar-refractivity contribution in [2.45, 2.75) is 6.04 Å². The molecular weight excluding hydrogens is 401 g/mol. The number of nitrogens with zero attached hydrogens (tertiary/aromatic N) is 1. The monoisotopic (exact) mass is 417 g/mol. The topological polar surface area (TPSA) is 46.6 Å². The highest BCUT2D eigenvalue weighted by Gasteiger charge is 2.64. The van der Waals surface area contributed by atoms with Crippen molar-refractivity contribution in [1.29, 1.82) is 0 Å². The summed E-state index contributed by atoms with van der Waals surface area (Å²) in [6, 6.07) is 12.7. The molecule has 1 aliphatic rings. The van der Waals surface area contributed by atoms with E-state index in [1.165, 1.54) is 24.1 Å². The predicted octanol–water partition coefficient (Wildman–Crippen LogP) is 3.97. The second-order valence-electron chi connectivity index (χ2n) is 6.12. The van der Waals surface area contributed by atoms with Gasteiger partial charge in [0.25, 0.3) is 0 Å². The third kappa shape index (κ3) is 2.94. The maximum absolute atomic E-state index is 13.3. The maximum Gasteiger partial charge on any atom is 0.327 e. The van der Waals surface area contributed by atoms with Crippen LogP contribution < -0.4 is 0 Å². The molecule has 1 fully saturated rings. The van der Waals surface area contributed by atoms with Crippen LogP contribution in [0.25, 0.3) is 6.08 Å². The minimum atomic E-state index is -1.46. The zero-order chi connectivity index (χ0) is 18.9. The van der Waals surface area contributed by atoms with E-state index < -0.39 is 17.4 Å². The molecule has 2 aromatic carbocycles. The van der Waals surface area contributed by atoms with Crippen molar-refractivity contribution in [3.8, 4) is 0 Å². The Morgan fingerprint density at radius 3 is 2.38 bits per heavy atom. The summed E-state index contributed by atoms with van der Waals surface area (Å²) >= 11 is 3.37. The number of amides is 1. The van der Waals surface area contributed by atoms with Crippen molar-refractivity contribution in [3.63, 3.8) is 0 Å². The van der Waals surface area contributed by atoms with Gasteiger partial charge in [0.2, 0.25) is 5.91 Å². The molecule has 0 spiro atoms. The number of likely N-dealkylation sites (tertiary alicyclic amines) is 1. The van der Waals surface area contributed by atoms with Crippen LogP contribution in [-0.2, 0) is 14.3 Å². The van der Waals surface area contributed by atoms with Crippen LogP contribution in [0.3, 0.4) is 0 Å². The number of hydrogen-bond acceptors (Lipinski definition) is 3. The Kier molecular flexibility index (Phi) is 4.96. The van der Waals surface area contributed by atoms with Gasteiger partial charge in [0, 0.05) is 11.5 Å². The van der Waals surface area contributed by atoms with Crippen molar-refractivity contribution >= 4 is 33.9 Å². The lowest BCUT2D eigenvalue weighted by Gasteiger charge is -2.51. The van der Waals surface area contributed by atoms with Crippen molar-refractivity contribution in [2.24, 2.45) is 5.41 Å². The van der Waals surface area contributed by atoms with Crippen molar-refractivity contribution in [3.05, 3.63) is 76.0 Å². The lowest BCUT2D eigenvalue weighted by Crippen LogP contribution is -2.64. The summed E-state index contributed by atoms with van der Waals surface area (Å²) in [6.45, 7) is 0. The predicted molar refractivity (Wildman–Crippen MR) is 99.5 cm³/mol. The molecule has 1 heterocycles. The number of methoxy groups -OCH3 is 1.